The van der Waals surface area contributed by atoms with Crippen molar-refractivity contribution < 1.29 is 4.74 Å². The van der Waals surface area contributed by atoms with E-state index in [1.807, 2.05) is 42.5 Å². The predicted octanol–water partition coefficient (Wildman–Crippen LogP) is 11.3. The Bertz CT molecular complexity index is 2660. The third-order valence-corrected chi connectivity index (χ3v) is 10.1. The van der Waals surface area contributed by atoms with Crippen molar-refractivity contribution in [2.24, 2.45) is 0 Å². The molecule has 1 aromatic heterocycles. The lowest BCUT2D eigenvalue weighted by atomic mass is 9.79. The first-order valence-corrected chi connectivity index (χ1v) is 17.3. The van der Waals surface area contributed by atoms with E-state index in [2.05, 4.69) is 133 Å². The van der Waals surface area contributed by atoms with Gasteiger partial charge in [0.1, 0.15) is 11.9 Å². The second kappa shape index (κ2) is 12.0. The van der Waals surface area contributed by atoms with E-state index in [0.29, 0.717) is 17.5 Å². The van der Waals surface area contributed by atoms with Gasteiger partial charge in [-0.05, 0) is 62.0 Å². The SMILES string of the molecule is C1=CC2Oc3cccc(-c4nc(-c5ccccc5)nc(-c5ccc(-c6ccccc6)cc5)n4)c3C2C(c2ccc3ccc4ccccc4c3c2)=C1. The molecule has 1 aliphatic heterocycles. The van der Waals surface area contributed by atoms with E-state index < -0.39 is 0 Å². The van der Waals surface area contributed by atoms with Crippen molar-refractivity contribution in [2.75, 3.05) is 0 Å². The van der Waals surface area contributed by atoms with Gasteiger partial charge in [-0.25, -0.2) is 15.0 Å². The van der Waals surface area contributed by atoms with E-state index in [9.17, 15) is 0 Å². The van der Waals surface area contributed by atoms with Crippen LogP contribution in [0, 0.1) is 0 Å². The summed E-state index contributed by atoms with van der Waals surface area (Å²) in [6, 6.07) is 55.1. The molecule has 51 heavy (non-hydrogen) atoms. The summed E-state index contributed by atoms with van der Waals surface area (Å²) in [6.45, 7) is 0. The van der Waals surface area contributed by atoms with Crippen LogP contribution in [0.4, 0.5) is 0 Å². The lowest BCUT2D eigenvalue weighted by Gasteiger charge is -2.24. The van der Waals surface area contributed by atoms with E-state index in [4.69, 9.17) is 19.7 Å². The molecule has 8 aromatic rings. The summed E-state index contributed by atoms with van der Waals surface area (Å²) in [5.41, 5.74) is 8.65. The number of rotatable bonds is 5. The first kappa shape index (κ1) is 29.3. The van der Waals surface area contributed by atoms with Gasteiger partial charge in [-0.1, -0.05) is 158 Å². The van der Waals surface area contributed by atoms with Gasteiger partial charge in [0.2, 0.25) is 0 Å². The minimum atomic E-state index is -0.134. The largest absolute Gasteiger partial charge is 0.485 e. The molecule has 0 bridgehead atoms. The average molecular weight is 654 g/mol. The van der Waals surface area contributed by atoms with Crippen LogP contribution in [0.1, 0.15) is 17.0 Å². The van der Waals surface area contributed by atoms with Crippen molar-refractivity contribution >= 4 is 27.1 Å². The number of fused-ring (bicyclic) bond motifs is 6. The number of aromatic nitrogens is 3. The summed E-state index contributed by atoms with van der Waals surface area (Å²) in [7, 11) is 0. The van der Waals surface area contributed by atoms with Crippen LogP contribution < -0.4 is 4.74 Å². The summed E-state index contributed by atoms with van der Waals surface area (Å²) in [5, 5.41) is 4.97. The molecule has 2 heterocycles. The molecule has 4 heteroatoms. The second-order valence-corrected chi connectivity index (χ2v) is 13.1. The van der Waals surface area contributed by atoms with Crippen LogP contribution in [0.3, 0.4) is 0 Å². The van der Waals surface area contributed by atoms with Crippen LogP contribution in [0.5, 0.6) is 5.75 Å². The summed E-state index contributed by atoms with van der Waals surface area (Å²) in [6.07, 6.45) is 6.40. The molecule has 2 unspecified atom stereocenters. The molecule has 0 radical (unpaired) electrons. The fourth-order valence-corrected chi connectivity index (χ4v) is 7.64. The molecule has 240 valence electrons. The van der Waals surface area contributed by atoms with Crippen molar-refractivity contribution in [3.8, 4) is 51.0 Å². The smallest absolute Gasteiger partial charge is 0.164 e. The van der Waals surface area contributed by atoms with Gasteiger partial charge in [0.05, 0.1) is 5.92 Å². The molecule has 0 amide bonds. The first-order chi connectivity index (χ1) is 25.3. The summed E-state index contributed by atoms with van der Waals surface area (Å²) in [5.74, 6) is 2.73. The zero-order valence-corrected chi connectivity index (χ0v) is 27.6. The Hall–Kier alpha value is -6.65. The van der Waals surface area contributed by atoms with E-state index in [-0.39, 0.29) is 12.0 Å². The molecule has 2 aliphatic rings. The lowest BCUT2D eigenvalue weighted by Crippen LogP contribution is -2.19. The van der Waals surface area contributed by atoms with Gasteiger partial charge in [-0.2, -0.15) is 0 Å². The highest BCUT2D eigenvalue weighted by molar-refractivity contribution is 6.08. The Morgan fingerprint density at radius 3 is 1.82 bits per heavy atom. The van der Waals surface area contributed by atoms with Crippen LogP contribution in [0.15, 0.2) is 176 Å². The fraction of sp³-hybridized carbons (Fsp3) is 0.0426. The zero-order valence-electron chi connectivity index (χ0n) is 27.6. The second-order valence-electron chi connectivity index (χ2n) is 13.1. The quantitative estimate of drug-likeness (QED) is 0.173. The Labute approximate surface area is 296 Å². The summed E-state index contributed by atoms with van der Waals surface area (Å²) >= 11 is 0. The molecule has 0 spiro atoms. The third-order valence-electron chi connectivity index (χ3n) is 10.1. The Kier molecular flexibility index (Phi) is 6.91. The number of ether oxygens (including phenoxy) is 1. The maximum atomic E-state index is 6.67. The normalized spacial score (nSPS) is 16.0. The van der Waals surface area contributed by atoms with Crippen molar-refractivity contribution in [3.05, 3.63) is 187 Å². The Morgan fingerprint density at radius 2 is 1.04 bits per heavy atom. The fourth-order valence-electron chi connectivity index (χ4n) is 7.64. The van der Waals surface area contributed by atoms with Crippen LogP contribution in [0.25, 0.3) is 72.4 Å². The minimum absolute atomic E-state index is 0.0285. The van der Waals surface area contributed by atoms with Gasteiger partial charge in [-0.15, -0.1) is 0 Å². The van der Waals surface area contributed by atoms with E-state index in [1.165, 1.54) is 38.2 Å². The van der Waals surface area contributed by atoms with Crippen molar-refractivity contribution in [1.82, 2.24) is 15.0 Å². The topological polar surface area (TPSA) is 47.9 Å². The van der Waals surface area contributed by atoms with Crippen LogP contribution >= 0.6 is 0 Å². The highest BCUT2D eigenvalue weighted by atomic mass is 16.5. The van der Waals surface area contributed by atoms with Gasteiger partial charge < -0.3 is 4.74 Å². The molecule has 4 nitrogen and oxygen atoms in total. The summed E-state index contributed by atoms with van der Waals surface area (Å²) < 4.78 is 6.67. The Morgan fingerprint density at radius 1 is 0.451 bits per heavy atom. The van der Waals surface area contributed by atoms with Gasteiger partial charge in [0.15, 0.2) is 17.5 Å². The van der Waals surface area contributed by atoms with Crippen molar-refractivity contribution in [2.45, 2.75) is 12.0 Å². The average Bonchev–Trinajstić information content (AvgIpc) is 3.60. The van der Waals surface area contributed by atoms with Gasteiger partial charge in [0, 0.05) is 22.3 Å². The lowest BCUT2D eigenvalue weighted by molar-refractivity contribution is 0.271. The molecular weight excluding hydrogens is 623 g/mol. The number of benzene rings is 7. The molecule has 0 saturated heterocycles. The maximum Gasteiger partial charge on any atom is 0.164 e. The molecular formula is C47H31N3O. The van der Waals surface area contributed by atoms with Gasteiger partial charge >= 0.3 is 0 Å². The third kappa shape index (κ3) is 5.12. The minimum Gasteiger partial charge on any atom is -0.485 e. The van der Waals surface area contributed by atoms with E-state index in [0.717, 1.165) is 33.6 Å². The highest BCUT2D eigenvalue weighted by Crippen LogP contribution is 2.51. The standard InChI is InChI=1S/C47H31N3O/c1-3-11-30(12-4-1)31-21-26-35(27-22-31)46-48-45(34-14-5-2-6-15-34)49-47(50-46)39-18-10-20-42-44(39)43-38(17-9-19-41(43)51-42)36-28-25-33-24-23-32-13-7-8-16-37(32)40(33)29-36/h1-29,41,43H. The number of allylic oxidation sites excluding steroid dienone is 2. The zero-order chi connectivity index (χ0) is 33.7. The number of hydrogen-bond acceptors (Lipinski definition) is 4. The predicted molar refractivity (Wildman–Crippen MR) is 207 cm³/mol. The molecule has 0 fully saturated rings. The molecule has 0 saturated carbocycles. The van der Waals surface area contributed by atoms with Crippen molar-refractivity contribution in [3.63, 3.8) is 0 Å². The van der Waals surface area contributed by atoms with Crippen LogP contribution in [0.2, 0.25) is 0 Å². The maximum absolute atomic E-state index is 6.67. The molecule has 2 atom stereocenters. The van der Waals surface area contributed by atoms with Gasteiger partial charge in [0.25, 0.3) is 0 Å². The monoisotopic (exact) mass is 653 g/mol. The first-order valence-electron chi connectivity index (χ1n) is 17.3. The number of nitrogens with zero attached hydrogens (tertiary/aromatic N) is 3. The Balaban J connectivity index is 1.11. The molecule has 0 N–H and O–H groups in total. The van der Waals surface area contributed by atoms with E-state index >= 15 is 0 Å². The van der Waals surface area contributed by atoms with Crippen LogP contribution in [-0.2, 0) is 0 Å². The molecule has 10 rings (SSSR count). The number of hydrogen-bond donors (Lipinski definition) is 0. The molecule has 1 aliphatic carbocycles. The van der Waals surface area contributed by atoms with E-state index in [1.54, 1.807) is 0 Å². The van der Waals surface area contributed by atoms with Crippen molar-refractivity contribution in [1.29, 1.82) is 0 Å². The molecule has 7 aromatic carbocycles. The highest BCUT2D eigenvalue weighted by Gasteiger charge is 2.39. The van der Waals surface area contributed by atoms with Crippen LogP contribution in [-0.4, -0.2) is 21.1 Å². The van der Waals surface area contributed by atoms with Gasteiger partial charge in [-0.3, -0.25) is 0 Å². The summed E-state index contributed by atoms with van der Waals surface area (Å²) in [4.78, 5) is 15.3.